The molecule has 12 heteroatoms. The van der Waals surface area contributed by atoms with E-state index < -0.39 is 26.9 Å². The van der Waals surface area contributed by atoms with Crippen LogP contribution in [0.15, 0.2) is 55.0 Å². The van der Waals surface area contributed by atoms with Gasteiger partial charge in [0.15, 0.2) is 21.5 Å². The largest absolute Gasteiger partial charge is 0.494 e. The zero-order valence-electron chi connectivity index (χ0n) is 21.2. The van der Waals surface area contributed by atoms with Gasteiger partial charge in [0, 0.05) is 19.5 Å². The summed E-state index contributed by atoms with van der Waals surface area (Å²) in [6.45, 7) is 3.38. The van der Waals surface area contributed by atoms with Gasteiger partial charge in [0.05, 0.1) is 37.1 Å². The van der Waals surface area contributed by atoms with Crippen LogP contribution < -0.4 is 9.47 Å². The Hall–Kier alpha value is -3.90. The molecule has 0 N–H and O–H groups in total. The minimum absolute atomic E-state index is 0.167. The number of methoxy groups -OCH3 is 3. The summed E-state index contributed by atoms with van der Waals surface area (Å²) in [6.07, 6.45) is 3.89. The number of nitrogens with zero attached hydrogens (tertiary/aromatic N) is 6. The van der Waals surface area contributed by atoms with E-state index >= 15 is 0 Å². The Labute approximate surface area is 215 Å². The van der Waals surface area contributed by atoms with Crippen LogP contribution in [-0.4, -0.2) is 64.7 Å². The van der Waals surface area contributed by atoms with Gasteiger partial charge in [-0.3, -0.25) is 19.5 Å². The maximum Gasteiger partial charge on any atom is 0.187 e. The van der Waals surface area contributed by atoms with Crippen molar-refractivity contribution in [2.24, 2.45) is 0 Å². The maximum absolute atomic E-state index is 13.7. The second-order valence-corrected chi connectivity index (χ2v) is 10.6. The van der Waals surface area contributed by atoms with Gasteiger partial charge in [-0.05, 0) is 38.1 Å². The Bertz CT molecular complexity index is 1440. The van der Waals surface area contributed by atoms with Gasteiger partial charge in [-0.1, -0.05) is 12.1 Å². The van der Waals surface area contributed by atoms with Crippen LogP contribution in [0.2, 0.25) is 0 Å². The van der Waals surface area contributed by atoms with Crippen LogP contribution in [0, 0.1) is 6.92 Å². The van der Waals surface area contributed by atoms with Crippen LogP contribution in [0.25, 0.3) is 17.2 Å². The smallest absolute Gasteiger partial charge is 0.187 e. The molecule has 3 heterocycles. The molecule has 3 aromatic heterocycles. The van der Waals surface area contributed by atoms with Gasteiger partial charge in [-0.15, -0.1) is 10.2 Å². The van der Waals surface area contributed by atoms with Gasteiger partial charge >= 0.3 is 0 Å². The topological polar surface area (TPSA) is 131 Å². The Morgan fingerprint density at radius 3 is 2.22 bits per heavy atom. The van der Waals surface area contributed by atoms with Gasteiger partial charge in [0.2, 0.25) is 0 Å². The van der Waals surface area contributed by atoms with Gasteiger partial charge in [-0.2, -0.15) is 0 Å². The lowest BCUT2D eigenvalue weighted by molar-refractivity contribution is 0.0983. The van der Waals surface area contributed by atoms with Crippen molar-refractivity contribution in [3.8, 4) is 28.7 Å². The zero-order valence-corrected chi connectivity index (χ0v) is 22.0. The molecule has 1 aromatic carbocycles. The number of benzene rings is 1. The minimum Gasteiger partial charge on any atom is -0.494 e. The summed E-state index contributed by atoms with van der Waals surface area (Å²) < 4.78 is 45.7. The number of hydrogen-bond donors (Lipinski definition) is 0. The molecule has 0 saturated heterocycles. The molecule has 11 nitrogen and oxygen atoms in total. The molecule has 0 fully saturated rings. The third kappa shape index (κ3) is 5.30. The fraction of sp³-hybridized carbons (Fsp3) is 0.320. The molecule has 0 aliphatic rings. The molecule has 0 unspecified atom stereocenters. The maximum atomic E-state index is 13.7. The number of para-hydroxylation sites is 1. The van der Waals surface area contributed by atoms with Gasteiger partial charge in [0.1, 0.15) is 34.7 Å². The number of aryl methyl sites for hydroxylation is 1. The van der Waals surface area contributed by atoms with Crippen LogP contribution in [0.4, 0.5) is 0 Å². The van der Waals surface area contributed by atoms with Gasteiger partial charge < -0.3 is 14.2 Å². The lowest BCUT2D eigenvalue weighted by atomic mass is 10.2. The van der Waals surface area contributed by atoms with Crippen molar-refractivity contribution in [3.05, 3.63) is 72.2 Å². The summed E-state index contributed by atoms with van der Waals surface area (Å²) in [5.74, 6) is 0.975. The minimum atomic E-state index is -3.84. The van der Waals surface area contributed by atoms with E-state index in [1.807, 2.05) is 6.07 Å². The summed E-state index contributed by atoms with van der Waals surface area (Å²) in [7, 11) is 0.647. The van der Waals surface area contributed by atoms with Crippen LogP contribution >= 0.6 is 0 Å². The van der Waals surface area contributed by atoms with Crippen LogP contribution in [0.5, 0.6) is 11.5 Å². The predicted octanol–water partition coefficient (Wildman–Crippen LogP) is 3.14. The standard InChI is InChI=1S/C25H28N6O5S/c1-16-13-28-19(14-27-16)24(36-5)17(2)37(32,33)15-22-29-30-25(18-9-6-7-12-26-18)31(22)23-20(34-3)10-8-11-21(23)35-4/h6-14,17,24H,15H2,1-5H3/t17-,24-/m0/s1. The normalized spacial score (nSPS) is 13.2. The highest BCUT2D eigenvalue weighted by atomic mass is 32.2. The van der Waals surface area contributed by atoms with E-state index in [0.717, 1.165) is 5.69 Å². The van der Waals surface area contributed by atoms with Crippen molar-refractivity contribution < 1.29 is 22.6 Å². The summed E-state index contributed by atoms with van der Waals surface area (Å²) in [4.78, 5) is 12.9. The fourth-order valence-electron chi connectivity index (χ4n) is 3.96. The molecule has 2 atom stereocenters. The fourth-order valence-corrected chi connectivity index (χ4v) is 5.40. The molecule has 0 spiro atoms. The summed E-state index contributed by atoms with van der Waals surface area (Å²) in [5, 5.41) is 7.62. The van der Waals surface area contributed by atoms with E-state index in [1.54, 1.807) is 61.1 Å². The van der Waals surface area contributed by atoms with Crippen LogP contribution in [0.1, 0.15) is 30.2 Å². The molecule has 0 aliphatic heterocycles. The molecule has 4 rings (SSSR count). The summed E-state index contributed by atoms with van der Waals surface area (Å²) in [5.41, 5.74) is 2.11. The van der Waals surface area contributed by atoms with E-state index in [-0.39, 0.29) is 5.82 Å². The lowest BCUT2D eigenvalue weighted by Gasteiger charge is -2.22. The lowest BCUT2D eigenvalue weighted by Crippen LogP contribution is -2.29. The van der Waals surface area contributed by atoms with Crippen molar-refractivity contribution in [3.63, 3.8) is 0 Å². The summed E-state index contributed by atoms with van der Waals surface area (Å²) in [6, 6.07) is 10.6. The van der Waals surface area contributed by atoms with Crippen molar-refractivity contribution in [2.75, 3.05) is 21.3 Å². The first kappa shape index (κ1) is 26.2. The average Bonchev–Trinajstić information content (AvgIpc) is 3.32. The first-order valence-electron chi connectivity index (χ1n) is 11.4. The SMILES string of the molecule is COc1cccc(OC)c1-n1c(CS(=O)(=O)[C@@H](C)[C@H](OC)c2cnc(C)cn2)nnc1-c1ccccn1. The van der Waals surface area contributed by atoms with Gasteiger partial charge in [-0.25, -0.2) is 8.42 Å². The van der Waals surface area contributed by atoms with Crippen LogP contribution in [-0.2, 0) is 20.3 Å². The van der Waals surface area contributed by atoms with Gasteiger partial charge in [0.25, 0.3) is 0 Å². The summed E-state index contributed by atoms with van der Waals surface area (Å²) >= 11 is 0. The third-order valence-corrected chi connectivity index (χ3v) is 7.96. The molecular formula is C25H28N6O5S. The second-order valence-electron chi connectivity index (χ2n) is 8.25. The van der Waals surface area contributed by atoms with E-state index in [4.69, 9.17) is 14.2 Å². The first-order valence-corrected chi connectivity index (χ1v) is 13.1. The Morgan fingerprint density at radius 1 is 0.919 bits per heavy atom. The zero-order chi connectivity index (χ0) is 26.6. The van der Waals surface area contributed by atoms with E-state index in [0.29, 0.717) is 34.4 Å². The van der Waals surface area contributed by atoms with E-state index in [9.17, 15) is 8.42 Å². The highest BCUT2D eigenvalue weighted by Crippen LogP contribution is 2.37. The Morgan fingerprint density at radius 2 is 1.65 bits per heavy atom. The highest BCUT2D eigenvalue weighted by Gasteiger charge is 2.35. The van der Waals surface area contributed by atoms with Crippen molar-refractivity contribution in [2.45, 2.75) is 31.0 Å². The monoisotopic (exact) mass is 524 g/mol. The first-order chi connectivity index (χ1) is 17.8. The Kier molecular flexibility index (Phi) is 7.79. The molecule has 0 aliphatic carbocycles. The molecule has 37 heavy (non-hydrogen) atoms. The quantitative estimate of drug-likeness (QED) is 0.305. The van der Waals surface area contributed by atoms with E-state index in [1.165, 1.54) is 27.5 Å². The number of rotatable bonds is 10. The second kappa shape index (κ2) is 11.0. The molecule has 0 saturated carbocycles. The molecule has 0 radical (unpaired) electrons. The van der Waals surface area contributed by atoms with Crippen molar-refractivity contribution in [1.29, 1.82) is 0 Å². The number of pyridine rings is 1. The molecule has 0 bridgehead atoms. The number of hydrogen-bond acceptors (Lipinski definition) is 10. The third-order valence-electron chi connectivity index (χ3n) is 5.92. The average molecular weight is 525 g/mol. The number of aromatic nitrogens is 6. The predicted molar refractivity (Wildman–Crippen MR) is 136 cm³/mol. The Balaban J connectivity index is 1.83. The van der Waals surface area contributed by atoms with E-state index in [2.05, 4.69) is 25.1 Å². The molecular weight excluding hydrogens is 496 g/mol. The van der Waals surface area contributed by atoms with Crippen LogP contribution in [0.3, 0.4) is 0 Å². The molecule has 194 valence electrons. The number of ether oxygens (including phenoxy) is 3. The number of sulfone groups is 1. The van der Waals surface area contributed by atoms with Crippen molar-refractivity contribution >= 4 is 9.84 Å². The molecule has 4 aromatic rings. The van der Waals surface area contributed by atoms with Crippen molar-refractivity contribution in [1.82, 2.24) is 29.7 Å². The molecule has 0 amide bonds. The highest BCUT2D eigenvalue weighted by molar-refractivity contribution is 7.91.